The number of nitrogens with zero attached hydrogens (tertiary/aromatic N) is 2. The van der Waals surface area contributed by atoms with Crippen molar-refractivity contribution in [3.05, 3.63) is 47.7 Å². The second kappa shape index (κ2) is 5.66. The predicted octanol–water partition coefficient (Wildman–Crippen LogP) is 3.18. The minimum atomic E-state index is -1.65. The Morgan fingerprint density at radius 1 is 1.35 bits per heavy atom. The van der Waals surface area contributed by atoms with Crippen LogP contribution in [0.4, 0.5) is 10.2 Å². The van der Waals surface area contributed by atoms with Gasteiger partial charge in [-0.05, 0) is 11.6 Å². The Morgan fingerprint density at radius 2 is 2.04 bits per heavy atom. The second-order valence-corrected chi connectivity index (χ2v) is 5.94. The Balaban J connectivity index is 2.11. The standard InChI is InChI=1S/C16H11FN4OS/c17-12(6-18)8-1-3-9(4-2-8)13-5-10-14(23-13)11(16(20)22)7-21-15(10)19/h1-5,7,12H,(H2,19,21)(H2,20,22). The van der Waals surface area contributed by atoms with Gasteiger partial charge in [0.25, 0.3) is 5.91 Å². The summed E-state index contributed by atoms with van der Waals surface area (Å²) in [6.07, 6.45) is -0.281. The SMILES string of the molecule is N#CC(F)c1ccc(-c2cc3c(N)ncc(C(N)=O)c3s2)cc1. The number of hydrogen-bond donors (Lipinski definition) is 2. The molecule has 4 N–H and O–H groups in total. The van der Waals surface area contributed by atoms with E-state index in [9.17, 15) is 9.18 Å². The van der Waals surface area contributed by atoms with E-state index in [0.29, 0.717) is 27.0 Å². The number of benzene rings is 1. The molecule has 0 saturated heterocycles. The predicted molar refractivity (Wildman–Crippen MR) is 87.4 cm³/mol. The van der Waals surface area contributed by atoms with E-state index in [1.54, 1.807) is 30.3 Å². The van der Waals surface area contributed by atoms with Gasteiger partial charge in [0.2, 0.25) is 6.17 Å². The molecule has 3 aromatic rings. The number of carbonyl (C=O) groups is 1. The number of thiophene rings is 1. The number of pyridine rings is 1. The summed E-state index contributed by atoms with van der Waals surface area (Å²) >= 11 is 1.36. The highest BCUT2D eigenvalue weighted by Gasteiger charge is 2.15. The number of nitriles is 1. The molecule has 1 amide bonds. The molecule has 1 atom stereocenters. The minimum absolute atomic E-state index is 0.302. The van der Waals surface area contributed by atoms with Gasteiger partial charge in [-0.2, -0.15) is 5.26 Å². The van der Waals surface area contributed by atoms with Crippen LogP contribution in [0.2, 0.25) is 0 Å². The van der Waals surface area contributed by atoms with E-state index in [1.807, 2.05) is 6.07 Å². The van der Waals surface area contributed by atoms with Crippen molar-refractivity contribution in [2.24, 2.45) is 5.73 Å². The van der Waals surface area contributed by atoms with E-state index in [0.717, 1.165) is 10.4 Å². The van der Waals surface area contributed by atoms with Crippen LogP contribution in [0.1, 0.15) is 22.1 Å². The minimum Gasteiger partial charge on any atom is -0.383 e. The van der Waals surface area contributed by atoms with E-state index in [-0.39, 0.29) is 0 Å². The zero-order valence-electron chi connectivity index (χ0n) is 11.8. The average Bonchev–Trinajstić information content (AvgIpc) is 3.00. The van der Waals surface area contributed by atoms with Crippen LogP contribution in [0.25, 0.3) is 20.5 Å². The lowest BCUT2D eigenvalue weighted by Gasteiger charge is -2.01. The van der Waals surface area contributed by atoms with Gasteiger partial charge in [0.1, 0.15) is 11.9 Å². The van der Waals surface area contributed by atoms with E-state index >= 15 is 0 Å². The molecule has 2 aromatic heterocycles. The number of primary amides is 1. The van der Waals surface area contributed by atoms with Crippen molar-refractivity contribution in [3.63, 3.8) is 0 Å². The molecule has 3 rings (SSSR count). The summed E-state index contributed by atoms with van der Waals surface area (Å²) in [5.41, 5.74) is 12.7. The molecule has 0 aliphatic heterocycles. The largest absolute Gasteiger partial charge is 0.383 e. The molecule has 0 fully saturated rings. The van der Waals surface area contributed by atoms with Crippen molar-refractivity contribution >= 4 is 33.1 Å². The van der Waals surface area contributed by atoms with Crippen molar-refractivity contribution in [3.8, 4) is 16.5 Å². The Labute approximate surface area is 135 Å². The molecule has 0 aliphatic carbocycles. The Hall–Kier alpha value is -2.98. The van der Waals surface area contributed by atoms with Crippen LogP contribution >= 0.6 is 11.3 Å². The van der Waals surface area contributed by atoms with Crippen LogP contribution in [0.3, 0.4) is 0 Å². The summed E-state index contributed by atoms with van der Waals surface area (Å²) in [5, 5.41) is 9.25. The van der Waals surface area contributed by atoms with Gasteiger partial charge in [-0.15, -0.1) is 11.3 Å². The van der Waals surface area contributed by atoms with Gasteiger partial charge in [0, 0.05) is 22.0 Å². The van der Waals surface area contributed by atoms with Crippen LogP contribution < -0.4 is 11.5 Å². The first-order valence-corrected chi connectivity index (χ1v) is 7.44. The first-order valence-electron chi connectivity index (χ1n) is 6.63. The third kappa shape index (κ3) is 2.60. The molecule has 114 valence electrons. The number of rotatable bonds is 3. The monoisotopic (exact) mass is 326 g/mol. The van der Waals surface area contributed by atoms with Crippen molar-refractivity contribution in [1.82, 2.24) is 4.98 Å². The fraction of sp³-hybridized carbons (Fsp3) is 0.0625. The number of nitrogens with two attached hydrogens (primary N) is 2. The summed E-state index contributed by atoms with van der Waals surface area (Å²) < 4.78 is 14.0. The molecule has 7 heteroatoms. The normalized spacial score (nSPS) is 12.0. The summed E-state index contributed by atoms with van der Waals surface area (Å²) in [4.78, 5) is 16.3. The molecule has 0 radical (unpaired) electrons. The van der Waals surface area contributed by atoms with Gasteiger partial charge >= 0.3 is 0 Å². The number of fused-ring (bicyclic) bond motifs is 1. The van der Waals surface area contributed by atoms with Gasteiger partial charge in [0.05, 0.1) is 10.3 Å². The lowest BCUT2D eigenvalue weighted by Crippen LogP contribution is -2.11. The molecular formula is C16H11FN4OS. The van der Waals surface area contributed by atoms with E-state index in [4.69, 9.17) is 16.7 Å². The lowest BCUT2D eigenvalue weighted by atomic mass is 10.1. The molecule has 0 spiro atoms. The molecule has 1 aromatic carbocycles. The van der Waals surface area contributed by atoms with Gasteiger partial charge in [-0.3, -0.25) is 4.79 Å². The maximum Gasteiger partial charge on any atom is 0.251 e. The fourth-order valence-electron chi connectivity index (χ4n) is 2.25. The Kier molecular flexibility index (Phi) is 3.68. The molecule has 0 saturated carbocycles. The number of aromatic nitrogens is 1. The highest BCUT2D eigenvalue weighted by Crippen LogP contribution is 2.37. The molecule has 1 unspecified atom stereocenters. The Bertz CT molecular complexity index is 943. The second-order valence-electron chi connectivity index (χ2n) is 4.89. The molecule has 5 nitrogen and oxygen atoms in total. The van der Waals surface area contributed by atoms with E-state index in [2.05, 4.69) is 4.98 Å². The maximum absolute atomic E-state index is 13.3. The number of anilines is 1. The summed E-state index contributed by atoms with van der Waals surface area (Å²) in [6.45, 7) is 0. The van der Waals surface area contributed by atoms with Crippen LogP contribution in [0.15, 0.2) is 36.5 Å². The van der Waals surface area contributed by atoms with Gasteiger partial charge in [0.15, 0.2) is 0 Å². The third-order valence-corrected chi connectivity index (χ3v) is 4.67. The van der Waals surface area contributed by atoms with Crippen molar-refractivity contribution in [2.75, 3.05) is 5.73 Å². The number of hydrogen-bond acceptors (Lipinski definition) is 5. The summed E-state index contributed by atoms with van der Waals surface area (Å²) in [6, 6.07) is 9.93. The van der Waals surface area contributed by atoms with Crippen LogP contribution in [0, 0.1) is 11.3 Å². The van der Waals surface area contributed by atoms with Crippen LogP contribution in [-0.4, -0.2) is 10.9 Å². The number of halogens is 1. The van der Waals surface area contributed by atoms with Gasteiger partial charge in [-0.25, -0.2) is 9.37 Å². The lowest BCUT2D eigenvalue weighted by molar-refractivity contribution is 0.100. The third-order valence-electron chi connectivity index (χ3n) is 3.45. The fourth-order valence-corrected chi connectivity index (χ4v) is 3.44. The molecule has 23 heavy (non-hydrogen) atoms. The zero-order valence-corrected chi connectivity index (χ0v) is 12.6. The van der Waals surface area contributed by atoms with Crippen LogP contribution in [0.5, 0.6) is 0 Å². The van der Waals surface area contributed by atoms with Gasteiger partial charge in [-0.1, -0.05) is 24.3 Å². The molecule has 2 heterocycles. The molecular weight excluding hydrogens is 315 g/mol. The first-order chi connectivity index (χ1) is 11.0. The number of amides is 1. The Morgan fingerprint density at radius 3 is 2.65 bits per heavy atom. The quantitative estimate of drug-likeness (QED) is 0.771. The number of carbonyl (C=O) groups excluding carboxylic acids is 1. The van der Waals surface area contributed by atoms with Crippen molar-refractivity contribution in [1.29, 1.82) is 5.26 Å². The zero-order chi connectivity index (χ0) is 16.6. The van der Waals surface area contributed by atoms with Crippen LogP contribution in [-0.2, 0) is 0 Å². The number of nitrogen functional groups attached to an aromatic ring is 1. The highest BCUT2D eigenvalue weighted by molar-refractivity contribution is 7.22. The maximum atomic E-state index is 13.3. The number of alkyl halides is 1. The average molecular weight is 326 g/mol. The molecule has 0 aliphatic rings. The van der Waals surface area contributed by atoms with Gasteiger partial charge < -0.3 is 11.5 Å². The topological polar surface area (TPSA) is 106 Å². The van der Waals surface area contributed by atoms with Crippen molar-refractivity contribution < 1.29 is 9.18 Å². The van der Waals surface area contributed by atoms with E-state index in [1.165, 1.54) is 17.5 Å². The van der Waals surface area contributed by atoms with Crippen molar-refractivity contribution in [2.45, 2.75) is 6.17 Å². The first kappa shape index (κ1) is 14.9. The summed E-state index contributed by atoms with van der Waals surface area (Å²) in [5.74, 6) is -0.252. The summed E-state index contributed by atoms with van der Waals surface area (Å²) in [7, 11) is 0. The highest BCUT2D eigenvalue weighted by atomic mass is 32.1. The molecule has 0 bridgehead atoms. The van der Waals surface area contributed by atoms with E-state index < -0.39 is 12.1 Å². The smallest absolute Gasteiger partial charge is 0.251 e.